The summed E-state index contributed by atoms with van der Waals surface area (Å²) in [4.78, 5) is 0. The standard InChI is InChI=1S/C12H18O3/c1-10-7-11(13)9-12(8-10)15-6-4-3-5-14-2/h7-9,13H,3-6H2,1-2H3. The maximum atomic E-state index is 9.33. The molecule has 0 bridgehead atoms. The molecule has 0 fully saturated rings. The second-order valence-electron chi connectivity index (χ2n) is 3.55. The molecule has 0 spiro atoms. The molecule has 1 N–H and O–H groups in total. The molecule has 0 heterocycles. The average molecular weight is 210 g/mol. The molecule has 0 atom stereocenters. The summed E-state index contributed by atoms with van der Waals surface area (Å²) >= 11 is 0. The van der Waals surface area contributed by atoms with Crippen LogP contribution in [-0.4, -0.2) is 25.4 Å². The molecule has 0 aliphatic heterocycles. The highest BCUT2D eigenvalue weighted by atomic mass is 16.5. The fourth-order valence-corrected chi connectivity index (χ4v) is 1.35. The highest BCUT2D eigenvalue weighted by molar-refractivity contribution is 5.36. The molecule has 0 aromatic heterocycles. The van der Waals surface area contributed by atoms with E-state index >= 15 is 0 Å². The van der Waals surface area contributed by atoms with Crippen molar-refractivity contribution < 1.29 is 14.6 Å². The van der Waals surface area contributed by atoms with Crippen LogP contribution in [0.5, 0.6) is 11.5 Å². The zero-order valence-electron chi connectivity index (χ0n) is 9.32. The summed E-state index contributed by atoms with van der Waals surface area (Å²) in [5.74, 6) is 0.979. The van der Waals surface area contributed by atoms with Crippen molar-refractivity contribution in [3.8, 4) is 11.5 Å². The van der Waals surface area contributed by atoms with Gasteiger partial charge in [-0.1, -0.05) is 0 Å². The maximum Gasteiger partial charge on any atom is 0.123 e. The fourth-order valence-electron chi connectivity index (χ4n) is 1.35. The van der Waals surface area contributed by atoms with Crippen LogP contribution in [0.4, 0.5) is 0 Å². The SMILES string of the molecule is COCCCCOc1cc(C)cc(O)c1. The number of benzene rings is 1. The van der Waals surface area contributed by atoms with Gasteiger partial charge >= 0.3 is 0 Å². The van der Waals surface area contributed by atoms with Gasteiger partial charge in [-0.25, -0.2) is 0 Å². The first-order valence-corrected chi connectivity index (χ1v) is 5.15. The molecule has 0 saturated heterocycles. The Hall–Kier alpha value is -1.22. The number of ether oxygens (including phenoxy) is 2. The minimum Gasteiger partial charge on any atom is -0.508 e. The number of unbranched alkanes of at least 4 members (excludes halogenated alkanes) is 1. The lowest BCUT2D eigenvalue weighted by atomic mass is 10.2. The van der Waals surface area contributed by atoms with Gasteiger partial charge in [0.15, 0.2) is 0 Å². The van der Waals surface area contributed by atoms with E-state index in [0.717, 1.165) is 30.8 Å². The van der Waals surface area contributed by atoms with Crippen LogP contribution in [-0.2, 0) is 4.74 Å². The zero-order valence-corrected chi connectivity index (χ0v) is 9.32. The summed E-state index contributed by atoms with van der Waals surface area (Å²) in [7, 11) is 1.69. The van der Waals surface area contributed by atoms with Crippen molar-refractivity contribution in [1.29, 1.82) is 0 Å². The Balaban J connectivity index is 2.31. The normalized spacial score (nSPS) is 10.3. The first-order chi connectivity index (χ1) is 7.22. The first kappa shape index (κ1) is 11.9. The van der Waals surface area contributed by atoms with E-state index in [2.05, 4.69) is 0 Å². The van der Waals surface area contributed by atoms with Crippen LogP contribution in [0.15, 0.2) is 18.2 Å². The van der Waals surface area contributed by atoms with Crippen molar-refractivity contribution in [2.24, 2.45) is 0 Å². The van der Waals surface area contributed by atoms with E-state index in [1.807, 2.05) is 13.0 Å². The van der Waals surface area contributed by atoms with Gasteiger partial charge in [0.25, 0.3) is 0 Å². The summed E-state index contributed by atoms with van der Waals surface area (Å²) in [5, 5.41) is 9.33. The minimum atomic E-state index is 0.252. The lowest BCUT2D eigenvalue weighted by Gasteiger charge is -2.07. The Kier molecular flexibility index (Phi) is 4.98. The summed E-state index contributed by atoms with van der Waals surface area (Å²) in [5.41, 5.74) is 1.00. The van der Waals surface area contributed by atoms with Crippen molar-refractivity contribution in [2.75, 3.05) is 20.3 Å². The number of phenolic OH excluding ortho intramolecular Hbond substituents is 1. The molecule has 0 radical (unpaired) electrons. The zero-order chi connectivity index (χ0) is 11.1. The molecule has 3 heteroatoms. The Morgan fingerprint density at radius 2 is 1.87 bits per heavy atom. The van der Waals surface area contributed by atoms with E-state index in [0.29, 0.717) is 6.61 Å². The third-order valence-corrected chi connectivity index (χ3v) is 2.05. The first-order valence-electron chi connectivity index (χ1n) is 5.15. The Bertz CT molecular complexity index is 277. The Labute approximate surface area is 90.6 Å². The van der Waals surface area contributed by atoms with Crippen molar-refractivity contribution in [1.82, 2.24) is 0 Å². The monoisotopic (exact) mass is 210 g/mol. The van der Waals surface area contributed by atoms with E-state index < -0.39 is 0 Å². The highest BCUT2D eigenvalue weighted by Gasteiger charge is 1.98. The van der Waals surface area contributed by atoms with Gasteiger partial charge in [0.05, 0.1) is 6.61 Å². The quantitative estimate of drug-likeness (QED) is 0.733. The smallest absolute Gasteiger partial charge is 0.123 e. The van der Waals surface area contributed by atoms with Gasteiger partial charge in [-0.2, -0.15) is 0 Å². The topological polar surface area (TPSA) is 38.7 Å². The van der Waals surface area contributed by atoms with Gasteiger partial charge in [-0.05, 0) is 37.5 Å². The molecular formula is C12H18O3. The van der Waals surface area contributed by atoms with E-state index in [9.17, 15) is 5.11 Å². The number of rotatable bonds is 6. The van der Waals surface area contributed by atoms with Crippen LogP contribution in [0.2, 0.25) is 0 Å². The van der Waals surface area contributed by atoms with Crippen LogP contribution in [0, 0.1) is 6.92 Å². The van der Waals surface area contributed by atoms with Crippen molar-refractivity contribution in [3.05, 3.63) is 23.8 Å². The summed E-state index contributed by atoms with van der Waals surface area (Å²) in [6, 6.07) is 5.25. The predicted octanol–water partition coefficient (Wildman–Crippen LogP) is 2.51. The lowest BCUT2D eigenvalue weighted by Crippen LogP contribution is -1.99. The largest absolute Gasteiger partial charge is 0.508 e. The molecule has 15 heavy (non-hydrogen) atoms. The van der Waals surface area contributed by atoms with Crippen molar-refractivity contribution in [3.63, 3.8) is 0 Å². The summed E-state index contributed by atoms with van der Waals surface area (Å²) in [6.07, 6.45) is 1.96. The van der Waals surface area contributed by atoms with E-state index in [1.54, 1.807) is 19.2 Å². The van der Waals surface area contributed by atoms with Gasteiger partial charge in [0.1, 0.15) is 11.5 Å². The van der Waals surface area contributed by atoms with Crippen molar-refractivity contribution >= 4 is 0 Å². The van der Waals surface area contributed by atoms with Gasteiger partial charge < -0.3 is 14.6 Å². The summed E-state index contributed by atoms with van der Waals surface area (Å²) < 4.78 is 10.4. The number of methoxy groups -OCH3 is 1. The van der Waals surface area contributed by atoms with Crippen LogP contribution in [0.3, 0.4) is 0 Å². The molecule has 0 unspecified atom stereocenters. The summed E-state index contributed by atoms with van der Waals surface area (Å²) in [6.45, 7) is 3.35. The molecule has 1 rings (SSSR count). The van der Waals surface area contributed by atoms with E-state index in [4.69, 9.17) is 9.47 Å². The molecule has 84 valence electrons. The van der Waals surface area contributed by atoms with Gasteiger partial charge in [0.2, 0.25) is 0 Å². The predicted molar refractivity (Wildman–Crippen MR) is 59.4 cm³/mol. The van der Waals surface area contributed by atoms with Gasteiger partial charge in [-0.15, -0.1) is 0 Å². The lowest BCUT2D eigenvalue weighted by molar-refractivity contribution is 0.184. The minimum absolute atomic E-state index is 0.252. The molecule has 0 saturated carbocycles. The molecule has 3 nitrogen and oxygen atoms in total. The average Bonchev–Trinajstić information content (AvgIpc) is 2.16. The molecule has 0 aliphatic carbocycles. The molecule has 1 aromatic rings. The number of aryl methyl sites for hydroxylation is 1. The number of hydrogen-bond acceptors (Lipinski definition) is 3. The Morgan fingerprint density at radius 3 is 2.53 bits per heavy atom. The molecule has 0 aliphatic rings. The van der Waals surface area contributed by atoms with Crippen LogP contribution < -0.4 is 4.74 Å². The van der Waals surface area contributed by atoms with E-state index in [1.165, 1.54) is 0 Å². The Morgan fingerprint density at radius 1 is 1.13 bits per heavy atom. The fraction of sp³-hybridized carbons (Fsp3) is 0.500. The van der Waals surface area contributed by atoms with Gasteiger partial charge in [0, 0.05) is 19.8 Å². The number of aromatic hydroxyl groups is 1. The third kappa shape index (κ3) is 4.70. The number of hydrogen-bond donors (Lipinski definition) is 1. The molecule has 1 aromatic carbocycles. The van der Waals surface area contributed by atoms with Gasteiger partial charge in [-0.3, -0.25) is 0 Å². The van der Waals surface area contributed by atoms with Crippen LogP contribution in [0.25, 0.3) is 0 Å². The maximum absolute atomic E-state index is 9.33. The molecular weight excluding hydrogens is 192 g/mol. The van der Waals surface area contributed by atoms with Crippen LogP contribution >= 0.6 is 0 Å². The highest BCUT2D eigenvalue weighted by Crippen LogP contribution is 2.21. The second-order valence-corrected chi connectivity index (χ2v) is 3.55. The number of phenols is 1. The molecule has 0 amide bonds. The third-order valence-electron chi connectivity index (χ3n) is 2.05. The van der Waals surface area contributed by atoms with Crippen molar-refractivity contribution in [2.45, 2.75) is 19.8 Å². The van der Waals surface area contributed by atoms with Crippen LogP contribution in [0.1, 0.15) is 18.4 Å². The van der Waals surface area contributed by atoms with E-state index in [-0.39, 0.29) is 5.75 Å². The second kappa shape index (κ2) is 6.30.